The molecule has 0 radical (unpaired) electrons. The number of methoxy groups -OCH3 is 2. The number of aryl methyl sites for hydroxylation is 1. The number of fused-ring (bicyclic) bond motifs is 1. The molecule has 0 aromatic heterocycles. The van der Waals surface area contributed by atoms with Gasteiger partial charge >= 0.3 is 0 Å². The summed E-state index contributed by atoms with van der Waals surface area (Å²) in [5, 5.41) is 2.88. The summed E-state index contributed by atoms with van der Waals surface area (Å²) < 4.78 is 44.2. The van der Waals surface area contributed by atoms with Crippen LogP contribution in [0, 0.1) is 0 Å². The number of hydrogen-bond acceptors (Lipinski definition) is 6. The number of nitrogens with one attached hydrogen (secondary N) is 1. The number of para-hydroxylation sites is 1. The van der Waals surface area contributed by atoms with Gasteiger partial charge in [0.05, 0.1) is 30.8 Å². The van der Waals surface area contributed by atoms with Gasteiger partial charge in [0.1, 0.15) is 5.75 Å². The van der Waals surface area contributed by atoms with Gasteiger partial charge in [0.2, 0.25) is 0 Å². The lowest BCUT2D eigenvalue weighted by molar-refractivity contribution is -0.123. The Bertz CT molecular complexity index is 1320. The van der Waals surface area contributed by atoms with Gasteiger partial charge in [-0.05, 0) is 73.4 Å². The molecule has 0 saturated heterocycles. The predicted octanol–water partition coefficient (Wildman–Crippen LogP) is 4.10. The molecule has 4 rings (SSSR count). The molecule has 1 atom stereocenters. The zero-order valence-corrected chi connectivity index (χ0v) is 21.4. The first-order valence-corrected chi connectivity index (χ1v) is 13.1. The minimum absolute atomic E-state index is 0.179. The molecule has 1 aliphatic heterocycles. The fourth-order valence-corrected chi connectivity index (χ4v) is 5.76. The van der Waals surface area contributed by atoms with Gasteiger partial charge in [-0.25, -0.2) is 8.42 Å². The molecule has 190 valence electrons. The van der Waals surface area contributed by atoms with Crippen LogP contribution in [-0.4, -0.2) is 41.7 Å². The summed E-state index contributed by atoms with van der Waals surface area (Å²) in [6.07, 6.45) is 1.63. The molecule has 3 aromatic carbocycles. The molecule has 0 saturated carbocycles. The maximum atomic E-state index is 13.3. The minimum Gasteiger partial charge on any atom is -0.493 e. The van der Waals surface area contributed by atoms with Crippen LogP contribution in [-0.2, 0) is 21.2 Å². The van der Waals surface area contributed by atoms with Crippen LogP contribution >= 0.6 is 0 Å². The number of rotatable bonds is 9. The molecule has 0 fully saturated rings. The van der Waals surface area contributed by atoms with Crippen LogP contribution in [0.15, 0.2) is 71.6 Å². The number of amides is 1. The number of ether oxygens (including phenoxy) is 3. The molecule has 9 heteroatoms. The Kier molecular flexibility index (Phi) is 7.69. The highest BCUT2D eigenvalue weighted by Crippen LogP contribution is 2.32. The lowest BCUT2D eigenvalue weighted by Gasteiger charge is -2.30. The Morgan fingerprint density at radius 2 is 1.72 bits per heavy atom. The lowest BCUT2D eigenvalue weighted by atomic mass is 10.0. The summed E-state index contributed by atoms with van der Waals surface area (Å²) >= 11 is 0. The molecule has 1 aliphatic rings. The standard InChI is InChI=1S/C27H30N2O6S/c1-19(21-10-15-25(33-2)26(17-21)34-3)28-27(30)18-35-22-11-13-23(14-12-22)36(31,32)29-16-6-8-20-7-4-5-9-24(20)29/h4-5,7,9-15,17,19H,6,8,16,18H2,1-3H3,(H,28,30)/t19-/m1/s1. The van der Waals surface area contributed by atoms with Crippen LogP contribution in [0.4, 0.5) is 5.69 Å². The zero-order valence-electron chi connectivity index (χ0n) is 20.6. The topological polar surface area (TPSA) is 94.2 Å². The Balaban J connectivity index is 1.36. The summed E-state index contributed by atoms with van der Waals surface area (Å²) in [5.74, 6) is 1.29. The lowest BCUT2D eigenvalue weighted by Crippen LogP contribution is -2.35. The number of anilines is 1. The highest BCUT2D eigenvalue weighted by molar-refractivity contribution is 7.92. The summed E-state index contributed by atoms with van der Waals surface area (Å²) in [7, 11) is -0.581. The fraction of sp³-hybridized carbons (Fsp3) is 0.296. The monoisotopic (exact) mass is 510 g/mol. The van der Waals surface area contributed by atoms with Crippen LogP contribution in [0.2, 0.25) is 0 Å². The van der Waals surface area contributed by atoms with Crippen LogP contribution in [0.5, 0.6) is 17.2 Å². The summed E-state index contributed by atoms with van der Waals surface area (Å²) in [6.45, 7) is 2.09. The highest BCUT2D eigenvalue weighted by atomic mass is 32.2. The van der Waals surface area contributed by atoms with E-state index in [4.69, 9.17) is 14.2 Å². The van der Waals surface area contributed by atoms with E-state index in [9.17, 15) is 13.2 Å². The smallest absolute Gasteiger partial charge is 0.264 e. The summed E-state index contributed by atoms with van der Waals surface area (Å²) in [6, 6.07) is 18.9. The molecule has 8 nitrogen and oxygen atoms in total. The second kappa shape index (κ2) is 10.9. The SMILES string of the molecule is COc1ccc([C@@H](C)NC(=O)COc2ccc(S(=O)(=O)N3CCCc4ccccc43)cc2)cc1OC. The third-order valence-electron chi connectivity index (χ3n) is 6.13. The van der Waals surface area contributed by atoms with Gasteiger partial charge in [0, 0.05) is 6.54 Å². The quantitative estimate of drug-likeness (QED) is 0.466. The maximum Gasteiger partial charge on any atom is 0.264 e. The van der Waals surface area contributed by atoms with E-state index in [1.807, 2.05) is 43.3 Å². The molecule has 1 amide bonds. The number of sulfonamides is 1. The van der Waals surface area contributed by atoms with E-state index in [2.05, 4.69) is 5.32 Å². The van der Waals surface area contributed by atoms with Crippen molar-refractivity contribution < 1.29 is 27.4 Å². The van der Waals surface area contributed by atoms with Gasteiger partial charge in [-0.1, -0.05) is 24.3 Å². The number of carbonyl (C=O) groups excluding carboxylic acids is 1. The average molecular weight is 511 g/mol. The van der Waals surface area contributed by atoms with Crippen molar-refractivity contribution in [3.63, 3.8) is 0 Å². The van der Waals surface area contributed by atoms with E-state index in [0.29, 0.717) is 23.8 Å². The van der Waals surface area contributed by atoms with E-state index < -0.39 is 10.0 Å². The highest BCUT2D eigenvalue weighted by Gasteiger charge is 2.28. The Hall–Kier alpha value is -3.72. The van der Waals surface area contributed by atoms with E-state index in [1.54, 1.807) is 32.4 Å². The van der Waals surface area contributed by atoms with Gasteiger partial charge in [-0.2, -0.15) is 0 Å². The van der Waals surface area contributed by atoms with Crippen molar-refractivity contribution in [2.75, 3.05) is 31.7 Å². The third-order valence-corrected chi connectivity index (χ3v) is 7.96. The Morgan fingerprint density at radius 1 is 1.00 bits per heavy atom. The predicted molar refractivity (Wildman–Crippen MR) is 137 cm³/mol. The number of carbonyl (C=O) groups is 1. The van der Waals surface area contributed by atoms with E-state index >= 15 is 0 Å². The van der Waals surface area contributed by atoms with Gasteiger partial charge in [-0.15, -0.1) is 0 Å². The van der Waals surface area contributed by atoms with Crippen molar-refractivity contribution >= 4 is 21.6 Å². The minimum atomic E-state index is -3.70. The van der Waals surface area contributed by atoms with Gasteiger partial charge < -0.3 is 19.5 Å². The summed E-state index contributed by atoms with van der Waals surface area (Å²) in [5.41, 5.74) is 2.61. The molecule has 3 aromatic rings. The molecule has 1 heterocycles. The second-order valence-electron chi connectivity index (χ2n) is 8.47. The first kappa shape index (κ1) is 25.4. The summed E-state index contributed by atoms with van der Waals surface area (Å²) in [4.78, 5) is 12.6. The number of hydrogen-bond donors (Lipinski definition) is 1. The fourth-order valence-electron chi connectivity index (χ4n) is 4.22. The van der Waals surface area contributed by atoms with Crippen molar-refractivity contribution in [1.82, 2.24) is 5.32 Å². The van der Waals surface area contributed by atoms with Crippen LogP contribution in [0.1, 0.15) is 30.5 Å². The molecule has 36 heavy (non-hydrogen) atoms. The van der Waals surface area contributed by atoms with E-state index in [0.717, 1.165) is 29.7 Å². The number of nitrogens with zero attached hydrogens (tertiary/aromatic N) is 1. The van der Waals surface area contributed by atoms with Gasteiger partial charge in [-0.3, -0.25) is 9.10 Å². The zero-order chi connectivity index (χ0) is 25.7. The Morgan fingerprint density at radius 3 is 2.44 bits per heavy atom. The molecule has 0 spiro atoms. The molecule has 1 N–H and O–H groups in total. The van der Waals surface area contributed by atoms with Crippen molar-refractivity contribution in [2.24, 2.45) is 0 Å². The van der Waals surface area contributed by atoms with Crippen LogP contribution in [0.25, 0.3) is 0 Å². The first-order valence-electron chi connectivity index (χ1n) is 11.7. The van der Waals surface area contributed by atoms with E-state index in [1.165, 1.54) is 16.4 Å². The first-order chi connectivity index (χ1) is 17.3. The molecular formula is C27H30N2O6S. The molecule has 0 unspecified atom stereocenters. The van der Waals surface area contributed by atoms with Crippen LogP contribution < -0.4 is 23.8 Å². The molecular weight excluding hydrogens is 480 g/mol. The molecule has 0 bridgehead atoms. The van der Waals surface area contributed by atoms with Crippen molar-refractivity contribution in [1.29, 1.82) is 0 Å². The Labute approximate surface area is 211 Å². The molecule has 0 aliphatic carbocycles. The average Bonchev–Trinajstić information content (AvgIpc) is 2.91. The van der Waals surface area contributed by atoms with Crippen molar-refractivity contribution in [3.05, 3.63) is 77.9 Å². The number of benzene rings is 3. The van der Waals surface area contributed by atoms with E-state index in [-0.39, 0.29) is 23.5 Å². The third kappa shape index (κ3) is 5.41. The van der Waals surface area contributed by atoms with Gasteiger partial charge in [0.15, 0.2) is 18.1 Å². The largest absolute Gasteiger partial charge is 0.493 e. The van der Waals surface area contributed by atoms with Crippen molar-refractivity contribution in [3.8, 4) is 17.2 Å². The second-order valence-corrected chi connectivity index (χ2v) is 10.3. The van der Waals surface area contributed by atoms with Crippen molar-refractivity contribution in [2.45, 2.75) is 30.7 Å². The maximum absolute atomic E-state index is 13.3. The van der Waals surface area contributed by atoms with Gasteiger partial charge in [0.25, 0.3) is 15.9 Å². The van der Waals surface area contributed by atoms with Crippen LogP contribution in [0.3, 0.4) is 0 Å². The normalized spacial score (nSPS) is 13.9.